The minimum atomic E-state index is -1.01. The summed E-state index contributed by atoms with van der Waals surface area (Å²) in [5.74, 6) is -1.01. The molecule has 0 radical (unpaired) electrons. The van der Waals surface area contributed by atoms with Crippen LogP contribution in [0.3, 0.4) is 0 Å². The summed E-state index contributed by atoms with van der Waals surface area (Å²) in [5.41, 5.74) is 0.446. The van der Waals surface area contributed by atoms with Crippen molar-refractivity contribution < 1.29 is 19.4 Å². The molecule has 1 aromatic heterocycles. The highest BCUT2D eigenvalue weighted by Crippen LogP contribution is 1.93. The summed E-state index contributed by atoms with van der Waals surface area (Å²) >= 11 is 0. The SMILES string of the molecule is C=CCOC(=O)NCc1cn(CC(=O)O)nn1. The summed E-state index contributed by atoms with van der Waals surface area (Å²) in [6, 6.07) is 0. The molecule has 0 atom stereocenters. The number of rotatable bonds is 6. The van der Waals surface area contributed by atoms with Gasteiger partial charge in [-0.1, -0.05) is 17.9 Å². The number of carboxylic acids is 1. The maximum absolute atomic E-state index is 11.0. The van der Waals surface area contributed by atoms with Crippen molar-refractivity contribution in [3.63, 3.8) is 0 Å². The van der Waals surface area contributed by atoms with Crippen LogP contribution in [-0.2, 0) is 22.6 Å². The highest BCUT2D eigenvalue weighted by Gasteiger charge is 2.06. The molecule has 0 saturated heterocycles. The molecule has 2 N–H and O–H groups in total. The van der Waals surface area contributed by atoms with Gasteiger partial charge in [-0.25, -0.2) is 9.48 Å². The number of ether oxygens (including phenoxy) is 1. The lowest BCUT2D eigenvalue weighted by atomic mass is 10.5. The quantitative estimate of drug-likeness (QED) is 0.665. The molecule has 17 heavy (non-hydrogen) atoms. The Labute approximate surface area is 96.9 Å². The predicted molar refractivity (Wildman–Crippen MR) is 56.0 cm³/mol. The van der Waals surface area contributed by atoms with E-state index < -0.39 is 12.1 Å². The third-order valence-electron chi connectivity index (χ3n) is 1.63. The summed E-state index contributed by atoms with van der Waals surface area (Å²) in [7, 11) is 0. The highest BCUT2D eigenvalue weighted by atomic mass is 16.5. The fourth-order valence-corrected chi connectivity index (χ4v) is 0.984. The van der Waals surface area contributed by atoms with Crippen molar-refractivity contribution in [1.29, 1.82) is 0 Å². The summed E-state index contributed by atoms with van der Waals surface area (Å²) in [6.45, 7) is 3.37. The van der Waals surface area contributed by atoms with Crippen molar-refractivity contribution in [3.8, 4) is 0 Å². The van der Waals surface area contributed by atoms with Gasteiger partial charge in [0.25, 0.3) is 0 Å². The Bertz CT molecular complexity index is 415. The van der Waals surface area contributed by atoms with Gasteiger partial charge in [0, 0.05) is 0 Å². The molecule has 1 heterocycles. The third-order valence-corrected chi connectivity index (χ3v) is 1.63. The predicted octanol–water partition coefficient (Wildman–Crippen LogP) is -0.225. The zero-order valence-corrected chi connectivity index (χ0v) is 9.00. The van der Waals surface area contributed by atoms with Crippen molar-refractivity contribution in [1.82, 2.24) is 20.3 Å². The Morgan fingerprint density at radius 2 is 2.41 bits per heavy atom. The van der Waals surface area contributed by atoms with Gasteiger partial charge in [0.05, 0.1) is 12.7 Å². The van der Waals surface area contributed by atoms with E-state index in [0.29, 0.717) is 5.69 Å². The van der Waals surface area contributed by atoms with Crippen molar-refractivity contribution in [3.05, 3.63) is 24.5 Å². The second kappa shape index (κ2) is 6.26. The molecule has 0 spiro atoms. The van der Waals surface area contributed by atoms with E-state index in [9.17, 15) is 9.59 Å². The third kappa shape index (κ3) is 4.78. The number of carbonyl (C=O) groups is 2. The lowest BCUT2D eigenvalue weighted by molar-refractivity contribution is -0.137. The first-order valence-corrected chi connectivity index (χ1v) is 4.74. The van der Waals surface area contributed by atoms with Crippen LogP contribution in [0.5, 0.6) is 0 Å². The molecule has 0 aliphatic heterocycles. The average molecular weight is 240 g/mol. The molecule has 0 fully saturated rings. The molecular weight excluding hydrogens is 228 g/mol. The largest absolute Gasteiger partial charge is 0.480 e. The van der Waals surface area contributed by atoms with Crippen molar-refractivity contribution >= 4 is 12.1 Å². The average Bonchev–Trinajstić information content (AvgIpc) is 2.70. The molecule has 1 amide bonds. The normalized spacial score (nSPS) is 9.65. The van der Waals surface area contributed by atoms with Gasteiger partial charge >= 0.3 is 12.1 Å². The summed E-state index contributed by atoms with van der Waals surface area (Å²) in [5, 5.41) is 18.2. The minimum absolute atomic E-state index is 0.121. The molecule has 8 heteroatoms. The van der Waals surface area contributed by atoms with Crippen LogP contribution in [0.25, 0.3) is 0 Å². The van der Waals surface area contributed by atoms with Crippen LogP contribution in [0.1, 0.15) is 5.69 Å². The van der Waals surface area contributed by atoms with Gasteiger partial charge < -0.3 is 15.2 Å². The second-order valence-electron chi connectivity index (χ2n) is 3.04. The number of aromatic nitrogens is 3. The fraction of sp³-hybridized carbons (Fsp3) is 0.333. The van der Waals surface area contributed by atoms with Gasteiger partial charge in [0.2, 0.25) is 0 Å². The van der Waals surface area contributed by atoms with Gasteiger partial charge in [0.15, 0.2) is 0 Å². The van der Waals surface area contributed by atoms with Crippen molar-refractivity contribution in [2.45, 2.75) is 13.1 Å². The molecule has 0 saturated carbocycles. The maximum Gasteiger partial charge on any atom is 0.407 e. The van der Waals surface area contributed by atoms with Crippen LogP contribution in [0.15, 0.2) is 18.9 Å². The smallest absolute Gasteiger partial charge is 0.407 e. The van der Waals surface area contributed by atoms with Crippen LogP contribution in [-0.4, -0.2) is 38.8 Å². The monoisotopic (exact) mass is 240 g/mol. The first-order valence-electron chi connectivity index (χ1n) is 4.74. The molecule has 1 rings (SSSR count). The molecule has 0 unspecified atom stereocenters. The van der Waals surface area contributed by atoms with Crippen molar-refractivity contribution in [2.24, 2.45) is 0 Å². The van der Waals surface area contributed by atoms with E-state index in [1.165, 1.54) is 12.3 Å². The van der Waals surface area contributed by atoms with Crippen LogP contribution in [0, 0.1) is 0 Å². The second-order valence-corrected chi connectivity index (χ2v) is 3.04. The number of hydrogen-bond acceptors (Lipinski definition) is 5. The molecule has 92 valence electrons. The zero-order chi connectivity index (χ0) is 12.7. The molecule has 0 aromatic carbocycles. The lowest BCUT2D eigenvalue weighted by Gasteiger charge is -2.02. The number of carboxylic acid groups (broad SMARTS) is 1. The number of nitrogens with one attached hydrogen (secondary N) is 1. The van der Waals surface area contributed by atoms with E-state index in [-0.39, 0.29) is 19.7 Å². The number of amides is 1. The summed E-state index contributed by atoms with van der Waals surface area (Å²) < 4.78 is 5.83. The fourth-order valence-electron chi connectivity index (χ4n) is 0.984. The van der Waals surface area contributed by atoms with E-state index in [2.05, 4.69) is 26.9 Å². The molecule has 0 aliphatic carbocycles. The molecule has 0 aliphatic rings. The van der Waals surface area contributed by atoms with Gasteiger partial charge in [-0.15, -0.1) is 5.10 Å². The van der Waals surface area contributed by atoms with Gasteiger partial charge in [-0.3, -0.25) is 4.79 Å². The standard InChI is InChI=1S/C9H12N4O4/c1-2-3-17-9(16)10-4-7-5-13(12-11-7)6-8(14)15/h2,5H,1,3-4,6H2,(H,10,16)(H,14,15). The lowest BCUT2D eigenvalue weighted by Crippen LogP contribution is -2.23. The number of nitrogens with zero attached hydrogens (tertiary/aromatic N) is 3. The van der Waals surface area contributed by atoms with Crippen LogP contribution < -0.4 is 5.32 Å². The number of hydrogen-bond donors (Lipinski definition) is 2. The molecule has 1 aromatic rings. The Morgan fingerprint density at radius 1 is 1.65 bits per heavy atom. The summed E-state index contributed by atoms with van der Waals surface area (Å²) in [4.78, 5) is 21.4. The molecule has 0 bridgehead atoms. The van der Waals surface area contributed by atoms with Gasteiger partial charge in [0.1, 0.15) is 18.8 Å². The minimum Gasteiger partial charge on any atom is -0.480 e. The Kier molecular flexibility index (Phi) is 4.67. The molecule has 8 nitrogen and oxygen atoms in total. The topological polar surface area (TPSA) is 106 Å². The Balaban J connectivity index is 2.36. The van der Waals surface area contributed by atoms with E-state index in [0.717, 1.165) is 4.68 Å². The van der Waals surface area contributed by atoms with Gasteiger partial charge in [-0.05, 0) is 0 Å². The van der Waals surface area contributed by atoms with E-state index in [4.69, 9.17) is 5.11 Å². The van der Waals surface area contributed by atoms with E-state index >= 15 is 0 Å². The van der Waals surface area contributed by atoms with Gasteiger partial charge in [-0.2, -0.15) is 0 Å². The van der Waals surface area contributed by atoms with E-state index in [1.54, 1.807) is 0 Å². The van der Waals surface area contributed by atoms with Crippen LogP contribution in [0.2, 0.25) is 0 Å². The van der Waals surface area contributed by atoms with Crippen LogP contribution >= 0.6 is 0 Å². The Hall–Kier alpha value is -2.38. The van der Waals surface area contributed by atoms with Crippen LogP contribution in [0.4, 0.5) is 4.79 Å². The zero-order valence-electron chi connectivity index (χ0n) is 9.00. The first-order chi connectivity index (χ1) is 8.11. The Morgan fingerprint density at radius 3 is 3.06 bits per heavy atom. The van der Waals surface area contributed by atoms with Crippen molar-refractivity contribution in [2.75, 3.05) is 6.61 Å². The highest BCUT2D eigenvalue weighted by molar-refractivity contribution is 5.67. The van der Waals surface area contributed by atoms with E-state index in [1.807, 2.05) is 0 Å². The first kappa shape index (κ1) is 12.7. The number of aliphatic carboxylic acids is 1. The number of alkyl carbamates (subject to hydrolysis) is 1. The summed E-state index contributed by atoms with van der Waals surface area (Å²) in [6.07, 6.45) is 2.28. The maximum atomic E-state index is 11.0. The molecular formula is C9H12N4O4. The number of carbonyl (C=O) groups excluding carboxylic acids is 1.